The molecule has 8 nitrogen and oxygen atoms in total. The SMILES string of the molecule is CCn1c(C(F)(F)F)cc2nc(-c3nc(-c4cccnc4)ccc3S(=O)(=O)CC)n(C)c2c1=O. The molecule has 4 rings (SSSR count). The van der Waals surface area contributed by atoms with Crippen molar-refractivity contribution >= 4 is 20.9 Å². The fraction of sp³-hybridized carbons (Fsp3) is 0.273. The topological polar surface area (TPSA) is 99.7 Å². The van der Waals surface area contributed by atoms with Crippen molar-refractivity contribution in [2.75, 3.05) is 5.75 Å². The second-order valence-corrected chi connectivity index (χ2v) is 9.74. The van der Waals surface area contributed by atoms with Gasteiger partial charge in [0.1, 0.15) is 16.9 Å². The van der Waals surface area contributed by atoms with Crippen LogP contribution in [0.15, 0.2) is 52.4 Å². The molecule has 0 bridgehead atoms. The number of imidazole rings is 1. The Balaban J connectivity index is 2.08. The lowest BCUT2D eigenvalue weighted by atomic mass is 10.2. The minimum absolute atomic E-state index is 0.0353. The molecule has 0 radical (unpaired) electrons. The molecule has 34 heavy (non-hydrogen) atoms. The first-order valence-electron chi connectivity index (χ1n) is 10.3. The largest absolute Gasteiger partial charge is 0.431 e. The zero-order chi connectivity index (χ0) is 24.8. The average Bonchev–Trinajstić information content (AvgIpc) is 3.15. The van der Waals surface area contributed by atoms with Crippen LogP contribution in [0.3, 0.4) is 0 Å². The normalized spacial score (nSPS) is 12.4. The van der Waals surface area contributed by atoms with E-state index in [1.54, 1.807) is 24.5 Å². The maximum absolute atomic E-state index is 13.6. The maximum atomic E-state index is 13.6. The van der Waals surface area contributed by atoms with Crippen molar-refractivity contribution < 1.29 is 21.6 Å². The Hall–Kier alpha value is -3.54. The van der Waals surface area contributed by atoms with Crippen molar-refractivity contribution in [2.45, 2.75) is 31.5 Å². The monoisotopic (exact) mass is 491 g/mol. The van der Waals surface area contributed by atoms with Crippen LogP contribution in [-0.2, 0) is 29.6 Å². The molecule has 0 spiro atoms. The van der Waals surface area contributed by atoms with Crippen molar-refractivity contribution in [3.05, 3.63) is 58.8 Å². The van der Waals surface area contributed by atoms with Gasteiger partial charge in [-0.05, 0) is 37.3 Å². The van der Waals surface area contributed by atoms with E-state index in [4.69, 9.17) is 0 Å². The highest BCUT2D eigenvalue weighted by Crippen LogP contribution is 2.33. The van der Waals surface area contributed by atoms with Crippen molar-refractivity contribution in [1.29, 1.82) is 0 Å². The predicted octanol–water partition coefficient (Wildman–Crippen LogP) is 3.69. The van der Waals surface area contributed by atoms with Gasteiger partial charge >= 0.3 is 6.18 Å². The van der Waals surface area contributed by atoms with E-state index in [0.717, 1.165) is 6.07 Å². The molecule has 0 fully saturated rings. The molecule has 0 saturated carbocycles. The molecule has 0 unspecified atom stereocenters. The van der Waals surface area contributed by atoms with Gasteiger partial charge in [0, 0.05) is 31.5 Å². The lowest BCUT2D eigenvalue weighted by Crippen LogP contribution is -2.28. The summed E-state index contributed by atoms with van der Waals surface area (Å²) in [5, 5.41) is 0. The van der Waals surface area contributed by atoms with Gasteiger partial charge in [0.05, 0.1) is 21.9 Å². The van der Waals surface area contributed by atoms with E-state index in [9.17, 15) is 26.4 Å². The van der Waals surface area contributed by atoms with Gasteiger partial charge in [0.2, 0.25) is 0 Å². The summed E-state index contributed by atoms with van der Waals surface area (Å²) >= 11 is 0. The second-order valence-electron chi connectivity index (χ2n) is 7.49. The number of aromatic nitrogens is 5. The van der Waals surface area contributed by atoms with Crippen molar-refractivity contribution in [2.24, 2.45) is 7.05 Å². The quantitative estimate of drug-likeness (QED) is 0.422. The molecule has 0 N–H and O–H groups in total. The number of nitrogens with zero attached hydrogens (tertiary/aromatic N) is 5. The molecular weight excluding hydrogens is 471 g/mol. The molecule has 0 amide bonds. The van der Waals surface area contributed by atoms with E-state index in [1.807, 2.05) is 0 Å². The van der Waals surface area contributed by atoms with Crippen LogP contribution in [0.5, 0.6) is 0 Å². The van der Waals surface area contributed by atoms with Gasteiger partial charge in [-0.25, -0.2) is 18.4 Å². The van der Waals surface area contributed by atoms with Gasteiger partial charge in [-0.3, -0.25) is 9.78 Å². The van der Waals surface area contributed by atoms with E-state index in [2.05, 4.69) is 15.0 Å². The zero-order valence-electron chi connectivity index (χ0n) is 18.5. The van der Waals surface area contributed by atoms with Crippen LogP contribution in [0, 0.1) is 0 Å². The fourth-order valence-corrected chi connectivity index (χ4v) is 4.78. The smallest absolute Gasteiger partial charge is 0.321 e. The summed E-state index contributed by atoms with van der Waals surface area (Å²) in [6.45, 7) is 2.71. The summed E-state index contributed by atoms with van der Waals surface area (Å²) in [5.74, 6) is -0.259. The van der Waals surface area contributed by atoms with Crippen LogP contribution in [-0.4, -0.2) is 38.3 Å². The van der Waals surface area contributed by atoms with Crippen molar-refractivity contribution in [3.63, 3.8) is 0 Å². The Bertz CT molecular complexity index is 1560. The Morgan fingerprint density at radius 2 is 1.82 bits per heavy atom. The third-order valence-electron chi connectivity index (χ3n) is 5.48. The molecule has 0 aliphatic rings. The Labute approximate surface area is 192 Å². The minimum atomic E-state index is -4.77. The van der Waals surface area contributed by atoms with Gasteiger partial charge in [-0.15, -0.1) is 0 Å². The molecular formula is C22H20F3N5O3S. The first-order chi connectivity index (χ1) is 16.0. The van der Waals surface area contributed by atoms with Crippen LogP contribution >= 0.6 is 0 Å². The molecule has 0 aliphatic heterocycles. The molecule has 0 atom stereocenters. The van der Waals surface area contributed by atoms with E-state index >= 15 is 0 Å². The van der Waals surface area contributed by atoms with Gasteiger partial charge in [-0.1, -0.05) is 6.92 Å². The van der Waals surface area contributed by atoms with Gasteiger partial charge in [0.15, 0.2) is 15.7 Å². The number of pyridine rings is 3. The number of halogens is 3. The average molecular weight is 491 g/mol. The predicted molar refractivity (Wildman–Crippen MR) is 120 cm³/mol. The Morgan fingerprint density at radius 1 is 1.09 bits per heavy atom. The first-order valence-corrected chi connectivity index (χ1v) is 12.0. The molecule has 4 heterocycles. The highest BCUT2D eigenvalue weighted by Gasteiger charge is 2.36. The number of alkyl halides is 3. The van der Waals surface area contributed by atoms with Crippen molar-refractivity contribution in [1.82, 2.24) is 24.1 Å². The first kappa shape index (κ1) is 23.6. The standard InChI is InChI=1S/C22H20F3N5O3S/c1-4-30-17(22(23,24)25)11-15-19(21(30)31)29(3)20(28-15)18-16(34(32,33)5-2)9-8-14(27-18)13-7-6-10-26-12-13/h6-12H,4-5H2,1-3H3. The van der Waals surface area contributed by atoms with Crippen LogP contribution < -0.4 is 5.56 Å². The summed E-state index contributed by atoms with van der Waals surface area (Å²) in [6.07, 6.45) is -1.65. The summed E-state index contributed by atoms with van der Waals surface area (Å²) < 4.78 is 68.3. The second kappa shape index (κ2) is 8.35. The van der Waals surface area contributed by atoms with Crippen LogP contribution in [0.1, 0.15) is 19.5 Å². The van der Waals surface area contributed by atoms with E-state index in [1.165, 1.54) is 37.6 Å². The molecule has 12 heteroatoms. The van der Waals surface area contributed by atoms with Crippen LogP contribution in [0.25, 0.3) is 33.8 Å². The lowest BCUT2D eigenvalue weighted by Gasteiger charge is -2.14. The van der Waals surface area contributed by atoms with E-state index in [-0.39, 0.29) is 39.7 Å². The zero-order valence-corrected chi connectivity index (χ0v) is 19.3. The van der Waals surface area contributed by atoms with Gasteiger partial charge < -0.3 is 9.13 Å². The number of rotatable bonds is 5. The Kier molecular flexibility index (Phi) is 5.80. The van der Waals surface area contributed by atoms with Gasteiger partial charge in [-0.2, -0.15) is 13.2 Å². The van der Waals surface area contributed by atoms with Crippen molar-refractivity contribution in [3.8, 4) is 22.8 Å². The summed E-state index contributed by atoms with van der Waals surface area (Å²) in [5.41, 5.74) is -1.35. The number of fused-ring (bicyclic) bond motifs is 1. The summed E-state index contributed by atoms with van der Waals surface area (Å²) in [4.78, 5) is 25.6. The lowest BCUT2D eigenvalue weighted by molar-refractivity contribution is -0.144. The molecule has 4 aromatic heterocycles. The van der Waals surface area contributed by atoms with Gasteiger partial charge in [0.25, 0.3) is 5.56 Å². The highest BCUT2D eigenvalue weighted by atomic mass is 32.2. The maximum Gasteiger partial charge on any atom is 0.431 e. The number of hydrogen-bond donors (Lipinski definition) is 0. The Morgan fingerprint density at radius 3 is 2.41 bits per heavy atom. The van der Waals surface area contributed by atoms with E-state index in [0.29, 0.717) is 15.8 Å². The molecule has 4 aromatic rings. The highest BCUT2D eigenvalue weighted by molar-refractivity contribution is 7.91. The van der Waals surface area contributed by atoms with Crippen LogP contribution in [0.4, 0.5) is 13.2 Å². The van der Waals surface area contributed by atoms with E-state index < -0.39 is 27.3 Å². The summed E-state index contributed by atoms with van der Waals surface area (Å²) in [6, 6.07) is 7.13. The fourth-order valence-electron chi connectivity index (χ4n) is 3.77. The summed E-state index contributed by atoms with van der Waals surface area (Å²) in [7, 11) is -2.33. The molecule has 0 aliphatic carbocycles. The molecule has 178 valence electrons. The third-order valence-corrected chi connectivity index (χ3v) is 7.24. The van der Waals surface area contributed by atoms with Crippen LogP contribution in [0.2, 0.25) is 0 Å². The molecule has 0 aromatic carbocycles. The minimum Gasteiger partial charge on any atom is -0.321 e. The third kappa shape index (κ3) is 3.87. The number of aryl methyl sites for hydroxylation is 1. The number of hydrogen-bond acceptors (Lipinski definition) is 6. The molecule has 0 saturated heterocycles. The number of sulfone groups is 1.